The van der Waals surface area contributed by atoms with Crippen LogP contribution in [-0.2, 0) is 6.54 Å². The standard InChI is InChI=1S/C16H16FN5/c1-16(6-7-16)21-14-13-15(19-9-18-14)22(10-20-13)8-11-4-2-3-5-12(11)17/h2-5,9-10H,6-8H2,1H3,(H,18,19,21). The van der Waals surface area contributed by atoms with E-state index in [2.05, 4.69) is 27.2 Å². The smallest absolute Gasteiger partial charge is 0.165 e. The van der Waals surface area contributed by atoms with Gasteiger partial charge in [-0.15, -0.1) is 0 Å². The van der Waals surface area contributed by atoms with Crippen LogP contribution in [0.15, 0.2) is 36.9 Å². The minimum atomic E-state index is -0.220. The SMILES string of the molecule is CC1(Nc2ncnc3c2ncn3Cc2ccccc2F)CC1. The maximum atomic E-state index is 13.8. The molecular weight excluding hydrogens is 281 g/mol. The number of halogens is 1. The van der Waals surface area contributed by atoms with Gasteiger partial charge in [0.2, 0.25) is 0 Å². The highest BCUT2D eigenvalue weighted by atomic mass is 19.1. The molecule has 0 radical (unpaired) electrons. The van der Waals surface area contributed by atoms with Crippen molar-refractivity contribution in [3.63, 3.8) is 0 Å². The highest BCUT2D eigenvalue weighted by molar-refractivity contribution is 5.83. The van der Waals surface area contributed by atoms with Crippen LogP contribution in [0.2, 0.25) is 0 Å². The number of nitrogens with zero attached hydrogens (tertiary/aromatic N) is 4. The number of nitrogens with one attached hydrogen (secondary N) is 1. The summed E-state index contributed by atoms with van der Waals surface area (Å²) in [5, 5.41) is 3.42. The van der Waals surface area contributed by atoms with Gasteiger partial charge in [0, 0.05) is 11.1 Å². The van der Waals surface area contributed by atoms with E-state index >= 15 is 0 Å². The molecule has 2 aromatic heterocycles. The Morgan fingerprint density at radius 1 is 1.23 bits per heavy atom. The van der Waals surface area contributed by atoms with Gasteiger partial charge in [0.15, 0.2) is 11.5 Å². The van der Waals surface area contributed by atoms with Crippen LogP contribution in [0.25, 0.3) is 11.2 Å². The zero-order valence-electron chi connectivity index (χ0n) is 12.3. The molecule has 0 aliphatic heterocycles. The molecule has 0 saturated heterocycles. The Bertz CT molecular complexity index is 837. The lowest BCUT2D eigenvalue weighted by Gasteiger charge is -2.12. The number of hydrogen-bond acceptors (Lipinski definition) is 4. The summed E-state index contributed by atoms with van der Waals surface area (Å²) in [7, 11) is 0. The number of anilines is 1. The predicted molar refractivity (Wildman–Crippen MR) is 82.1 cm³/mol. The summed E-state index contributed by atoms with van der Waals surface area (Å²) < 4.78 is 15.7. The molecule has 0 amide bonds. The van der Waals surface area contributed by atoms with Gasteiger partial charge in [0.05, 0.1) is 12.9 Å². The lowest BCUT2D eigenvalue weighted by Crippen LogP contribution is -2.17. The van der Waals surface area contributed by atoms with Gasteiger partial charge in [-0.2, -0.15) is 0 Å². The van der Waals surface area contributed by atoms with Gasteiger partial charge in [-0.3, -0.25) is 0 Å². The van der Waals surface area contributed by atoms with Gasteiger partial charge in [0.25, 0.3) is 0 Å². The summed E-state index contributed by atoms with van der Waals surface area (Å²) in [5.74, 6) is 0.527. The van der Waals surface area contributed by atoms with Crippen LogP contribution >= 0.6 is 0 Å². The minimum Gasteiger partial charge on any atom is -0.363 e. The van der Waals surface area contributed by atoms with Crippen LogP contribution in [0, 0.1) is 5.82 Å². The van der Waals surface area contributed by atoms with Crippen molar-refractivity contribution < 1.29 is 4.39 Å². The third-order valence-corrected chi connectivity index (χ3v) is 4.12. The normalized spacial score (nSPS) is 15.9. The number of rotatable bonds is 4. The molecule has 0 unspecified atom stereocenters. The van der Waals surface area contributed by atoms with Crippen molar-refractivity contribution in [2.75, 3.05) is 5.32 Å². The predicted octanol–water partition coefficient (Wildman–Crippen LogP) is 2.98. The fourth-order valence-electron chi connectivity index (χ4n) is 2.50. The van der Waals surface area contributed by atoms with E-state index in [1.807, 2.05) is 10.6 Å². The Hall–Kier alpha value is -2.50. The average Bonchev–Trinajstić information content (AvgIpc) is 3.08. The van der Waals surface area contributed by atoms with Gasteiger partial charge in [-0.1, -0.05) is 18.2 Å². The van der Waals surface area contributed by atoms with Gasteiger partial charge in [-0.05, 0) is 25.8 Å². The van der Waals surface area contributed by atoms with E-state index in [4.69, 9.17) is 0 Å². The van der Waals surface area contributed by atoms with Gasteiger partial charge >= 0.3 is 0 Å². The molecule has 4 rings (SSSR count). The first-order valence-corrected chi connectivity index (χ1v) is 7.32. The van der Waals surface area contributed by atoms with E-state index in [0.717, 1.165) is 24.2 Å². The van der Waals surface area contributed by atoms with E-state index in [-0.39, 0.29) is 11.4 Å². The molecule has 1 saturated carbocycles. The zero-order chi connectivity index (χ0) is 15.2. The number of aromatic nitrogens is 4. The zero-order valence-corrected chi connectivity index (χ0v) is 12.3. The Labute approximate surface area is 127 Å². The summed E-state index contributed by atoms with van der Waals surface area (Å²) in [5.41, 5.74) is 2.18. The molecule has 1 aliphatic carbocycles. The first kappa shape index (κ1) is 13.2. The second-order valence-electron chi connectivity index (χ2n) is 6.04. The van der Waals surface area contributed by atoms with Crippen molar-refractivity contribution in [1.29, 1.82) is 0 Å². The fraction of sp³-hybridized carbons (Fsp3) is 0.312. The van der Waals surface area contributed by atoms with Crippen molar-refractivity contribution in [3.05, 3.63) is 48.3 Å². The fourth-order valence-corrected chi connectivity index (χ4v) is 2.50. The van der Waals surface area contributed by atoms with Gasteiger partial charge in [0.1, 0.15) is 17.7 Å². The average molecular weight is 297 g/mol. The molecule has 0 bridgehead atoms. The molecule has 1 N–H and O–H groups in total. The minimum absolute atomic E-state index is 0.122. The Morgan fingerprint density at radius 3 is 2.82 bits per heavy atom. The van der Waals surface area contributed by atoms with Crippen LogP contribution in [0.5, 0.6) is 0 Å². The van der Waals surface area contributed by atoms with Crippen molar-refractivity contribution in [3.8, 4) is 0 Å². The molecular formula is C16H16FN5. The highest BCUT2D eigenvalue weighted by Crippen LogP contribution is 2.38. The van der Waals surface area contributed by atoms with Crippen LogP contribution in [-0.4, -0.2) is 25.1 Å². The molecule has 2 heterocycles. The van der Waals surface area contributed by atoms with Crippen molar-refractivity contribution >= 4 is 17.0 Å². The van der Waals surface area contributed by atoms with E-state index < -0.39 is 0 Å². The summed E-state index contributed by atoms with van der Waals surface area (Å²) >= 11 is 0. The van der Waals surface area contributed by atoms with Crippen LogP contribution in [0.4, 0.5) is 10.2 Å². The largest absolute Gasteiger partial charge is 0.363 e. The third kappa shape index (κ3) is 2.30. The molecule has 22 heavy (non-hydrogen) atoms. The van der Waals surface area contributed by atoms with Crippen LogP contribution in [0.1, 0.15) is 25.3 Å². The number of fused-ring (bicyclic) bond motifs is 1. The van der Waals surface area contributed by atoms with Crippen molar-refractivity contribution in [1.82, 2.24) is 19.5 Å². The second kappa shape index (κ2) is 4.76. The molecule has 0 spiro atoms. The Kier molecular flexibility index (Phi) is 2.85. The molecule has 5 nitrogen and oxygen atoms in total. The molecule has 0 atom stereocenters. The maximum absolute atomic E-state index is 13.8. The number of imidazole rings is 1. The molecule has 112 valence electrons. The number of benzene rings is 1. The summed E-state index contributed by atoms with van der Waals surface area (Å²) in [6.45, 7) is 2.56. The lowest BCUT2D eigenvalue weighted by atomic mass is 10.2. The molecule has 1 aliphatic rings. The second-order valence-corrected chi connectivity index (χ2v) is 6.04. The van der Waals surface area contributed by atoms with Gasteiger partial charge in [-0.25, -0.2) is 19.3 Å². The quantitative estimate of drug-likeness (QED) is 0.804. The topological polar surface area (TPSA) is 55.6 Å². The maximum Gasteiger partial charge on any atom is 0.165 e. The lowest BCUT2D eigenvalue weighted by molar-refractivity contribution is 0.601. The Balaban J connectivity index is 1.71. The first-order chi connectivity index (χ1) is 10.6. The number of hydrogen-bond donors (Lipinski definition) is 1. The molecule has 1 fully saturated rings. The van der Waals surface area contributed by atoms with Crippen molar-refractivity contribution in [2.45, 2.75) is 31.8 Å². The van der Waals surface area contributed by atoms with Crippen molar-refractivity contribution in [2.24, 2.45) is 0 Å². The highest BCUT2D eigenvalue weighted by Gasteiger charge is 2.38. The first-order valence-electron chi connectivity index (χ1n) is 7.32. The summed E-state index contributed by atoms with van der Waals surface area (Å²) in [4.78, 5) is 13.0. The van der Waals surface area contributed by atoms with Gasteiger partial charge < -0.3 is 9.88 Å². The summed E-state index contributed by atoms with van der Waals surface area (Å²) in [6, 6.07) is 6.75. The van der Waals surface area contributed by atoms with E-state index in [1.165, 1.54) is 12.4 Å². The molecule has 1 aromatic carbocycles. The third-order valence-electron chi connectivity index (χ3n) is 4.12. The monoisotopic (exact) mass is 297 g/mol. The summed E-state index contributed by atoms with van der Waals surface area (Å²) in [6.07, 6.45) is 5.48. The van der Waals surface area contributed by atoms with Crippen LogP contribution < -0.4 is 5.32 Å². The molecule has 6 heteroatoms. The van der Waals surface area contributed by atoms with E-state index in [9.17, 15) is 4.39 Å². The Morgan fingerprint density at radius 2 is 2.05 bits per heavy atom. The van der Waals surface area contributed by atoms with Crippen LogP contribution in [0.3, 0.4) is 0 Å². The van der Waals surface area contributed by atoms with E-state index in [1.54, 1.807) is 18.5 Å². The van der Waals surface area contributed by atoms with E-state index in [0.29, 0.717) is 17.8 Å². The molecule has 3 aromatic rings.